The Labute approximate surface area is 228 Å². The van der Waals surface area contributed by atoms with E-state index in [2.05, 4.69) is 12.2 Å². The number of carbonyl (C=O) groups is 2. The molecule has 1 N–H and O–H groups in total. The van der Waals surface area contributed by atoms with Crippen LogP contribution in [-0.2, 0) is 32.6 Å². The number of benzene rings is 2. The third-order valence-electron chi connectivity index (χ3n) is 7.35. The van der Waals surface area contributed by atoms with Crippen LogP contribution in [0.4, 0.5) is 5.69 Å². The maximum Gasteiger partial charge on any atom is 0.243 e. The lowest BCUT2D eigenvalue weighted by atomic mass is 10.1. The van der Waals surface area contributed by atoms with E-state index in [1.54, 1.807) is 4.90 Å². The highest BCUT2D eigenvalue weighted by Crippen LogP contribution is 2.22. The van der Waals surface area contributed by atoms with Crippen LogP contribution in [0.15, 0.2) is 48.5 Å². The van der Waals surface area contributed by atoms with E-state index in [0.717, 1.165) is 48.8 Å². The quantitative estimate of drug-likeness (QED) is 0.388. The van der Waals surface area contributed by atoms with Gasteiger partial charge in [-0.25, -0.2) is 8.42 Å². The smallest absolute Gasteiger partial charge is 0.243 e. The van der Waals surface area contributed by atoms with Crippen molar-refractivity contribution in [3.8, 4) is 0 Å². The van der Waals surface area contributed by atoms with Crippen LogP contribution in [0.1, 0.15) is 75.5 Å². The Kier molecular flexibility index (Phi) is 10.8. The molecule has 2 aromatic carbocycles. The third kappa shape index (κ3) is 8.32. The van der Waals surface area contributed by atoms with Gasteiger partial charge < -0.3 is 10.2 Å². The number of hydrogen-bond acceptors (Lipinski definition) is 4. The van der Waals surface area contributed by atoms with Gasteiger partial charge in [-0.3, -0.25) is 13.9 Å². The van der Waals surface area contributed by atoms with Crippen molar-refractivity contribution in [2.45, 2.75) is 90.8 Å². The molecule has 1 aliphatic rings. The predicted molar refractivity (Wildman–Crippen MR) is 153 cm³/mol. The molecule has 0 aromatic heterocycles. The first-order valence-corrected chi connectivity index (χ1v) is 15.7. The molecule has 8 heteroatoms. The van der Waals surface area contributed by atoms with Crippen molar-refractivity contribution >= 4 is 27.5 Å². The summed E-state index contributed by atoms with van der Waals surface area (Å²) in [6.45, 7) is 6.53. The molecule has 208 valence electrons. The minimum absolute atomic E-state index is 0.103. The summed E-state index contributed by atoms with van der Waals surface area (Å²) in [6, 6.07) is 15.1. The molecule has 38 heavy (non-hydrogen) atoms. The Morgan fingerprint density at radius 3 is 2.13 bits per heavy atom. The Balaban J connectivity index is 1.74. The first-order chi connectivity index (χ1) is 18.1. The van der Waals surface area contributed by atoms with Crippen molar-refractivity contribution in [1.29, 1.82) is 0 Å². The fourth-order valence-electron chi connectivity index (χ4n) is 5.08. The second-order valence-corrected chi connectivity index (χ2v) is 12.3. The summed E-state index contributed by atoms with van der Waals surface area (Å²) in [5, 5.41) is 3.16. The number of nitrogens with one attached hydrogen (secondary N) is 1. The average Bonchev–Trinajstić information content (AvgIpc) is 3.40. The van der Waals surface area contributed by atoms with Gasteiger partial charge in [0.1, 0.15) is 6.04 Å². The highest BCUT2D eigenvalue weighted by molar-refractivity contribution is 7.92. The predicted octanol–water partition coefficient (Wildman–Crippen LogP) is 4.97. The maximum absolute atomic E-state index is 13.6. The Bertz CT molecular complexity index is 1160. The zero-order chi connectivity index (χ0) is 27.7. The van der Waals surface area contributed by atoms with Gasteiger partial charge in [0.15, 0.2) is 0 Å². The summed E-state index contributed by atoms with van der Waals surface area (Å²) in [6.07, 6.45) is 7.27. The van der Waals surface area contributed by atoms with Crippen molar-refractivity contribution in [2.75, 3.05) is 17.1 Å². The number of carbonyl (C=O) groups excluding carboxylic acids is 2. The third-order valence-corrected chi connectivity index (χ3v) is 8.54. The normalized spacial score (nSPS) is 14.7. The van der Waals surface area contributed by atoms with Gasteiger partial charge in [0.2, 0.25) is 21.8 Å². The molecule has 0 saturated heterocycles. The van der Waals surface area contributed by atoms with Gasteiger partial charge in [0, 0.05) is 25.6 Å². The Morgan fingerprint density at radius 2 is 1.58 bits per heavy atom. The molecule has 1 fully saturated rings. The lowest BCUT2D eigenvalue weighted by molar-refractivity contribution is -0.141. The second-order valence-electron chi connectivity index (χ2n) is 10.4. The van der Waals surface area contributed by atoms with Crippen LogP contribution in [0.2, 0.25) is 0 Å². The molecule has 1 saturated carbocycles. The number of rotatable bonds is 13. The zero-order valence-corrected chi connectivity index (χ0v) is 24.1. The molecule has 0 unspecified atom stereocenters. The van der Waals surface area contributed by atoms with E-state index >= 15 is 0 Å². The second kappa shape index (κ2) is 13.8. The maximum atomic E-state index is 13.6. The van der Waals surface area contributed by atoms with Crippen molar-refractivity contribution in [2.24, 2.45) is 0 Å². The van der Waals surface area contributed by atoms with Crippen molar-refractivity contribution in [3.05, 3.63) is 65.2 Å². The standard InChI is InChI=1S/C30H43N3O4S/c1-5-24-17-19-27(20-18-24)33(38(4,36)37)21-9-12-29(34)32(22-25-15-13-23(3)14-16-25)28(6-2)30(35)31-26-10-7-8-11-26/h13-20,26,28H,5-12,21-22H2,1-4H3,(H,31,35)/t28-/m0/s1. The molecule has 0 radical (unpaired) electrons. The summed E-state index contributed by atoms with van der Waals surface area (Å²) in [5.41, 5.74) is 3.82. The molecular formula is C30H43N3O4S. The number of nitrogens with zero attached hydrogens (tertiary/aromatic N) is 2. The van der Waals surface area contributed by atoms with E-state index in [-0.39, 0.29) is 30.8 Å². The van der Waals surface area contributed by atoms with Crippen molar-refractivity contribution in [1.82, 2.24) is 10.2 Å². The van der Waals surface area contributed by atoms with Crippen LogP contribution >= 0.6 is 0 Å². The van der Waals surface area contributed by atoms with Gasteiger partial charge in [0.25, 0.3) is 0 Å². The van der Waals surface area contributed by atoms with Gasteiger partial charge in [-0.2, -0.15) is 0 Å². The highest BCUT2D eigenvalue weighted by Gasteiger charge is 2.30. The molecule has 1 atom stereocenters. The van der Waals surface area contributed by atoms with Crippen LogP contribution in [0.25, 0.3) is 0 Å². The summed E-state index contributed by atoms with van der Waals surface area (Å²) in [5.74, 6) is -0.248. The first-order valence-electron chi connectivity index (χ1n) is 13.8. The van der Waals surface area contributed by atoms with Crippen LogP contribution in [0.5, 0.6) is 0 Å². The van der Waals surface area contributed by atoms with Gasteiger partial charge in [0.05, 0.1) is 11.9 Å². The Hall–Kier alpha value is -2.87. The zero-order valence-electron chi connectivity index (χ0n) is 23.3. The molecule has 1 aliphatic carbocycles. The monoisotopic (exact) mass is 541 g/mol. The SMILES string of the molecule is CCc1ccc(N(CCCC(=O)N(Cc2ccc(C)cc2)[C@@H](CC)C(=O)NC2CCCC2)S(C)(=O)=O)cc1. The van der Waals surface area contributed by atoms with Gasteiger partial charge in [-0.05, 0) is 62.3 Å². The highest BCUT2D eigenvalue weighted by atomic mass is 32.2. The van der Waals surface area contributed by atoms with Crippen LogP contribution in [0.3, 0.4) is 0 Å². The summed E-state index contributed by atoms with van der Waals surface area (Å²) in [7, 11) is -3.51. The lowest BCUT2D eigenvalue weighted by Gasteiger charge is -2.32. The Morgan fingerprint density at radius 1 is 0.974 bits per heavy atom. The van der Waals surface area contributed by atoms with Gasteiger partial charge >= 0.3 is 0 Å². The molecule has 0 spiro atoms. The molecule has 2 amide bonds. The van der Waals surface area contributed by atoms with Crippen LogP contribution in [-0.4, -0.2) is 50.0 Å². The number of sulfonamides is 1. The van der Waals surface area contributed by atoms with Crippen molar-refractivity contribution in [3.63, 3.8) is 0 Å². The fourth-order valence-corrected chi connectivity index (χ4v) is 6.04. The van der Waals surface area contributed by atoms with Gasteiger partial charge in [-0.15, -0.1) is 0 Å². The van der Waals surface area contributed by atoms with E-state index in [1.807, 2.05) is 62.4 Å². The van der Waals surface area contributed by atoms with E-state index < -0.39 is 16.1 Å². The number of amides is 2. The molecule has 3 rings (SSSR count). The number of anilines is 1. The summed E-state index contributed by atoms with van der Waals surface area (Å²) in [4.78, 5) is 28.5. The molecule has 0 heterocycles. The summed E-state index contributed by atoms with van der Waals surface area (Å²) >= 11 is 0. The molecule has 0 bridgehead atoms. The molecule has 2 aromatic rings. The summed E-state index contributed by atoms with van der Waals surface area (Å²) < 4.78 is 26.5. The van der Waals surface area contributed by atoms with E-state index in [9.17, 15) is 18.0 Å². The van der Waals surface area contributed by atoms with E-state index in [0.29, 0.717) is 25.1 Å². The number of hydrogen-bond donors (Lipinski definition) is 1. The van der Waals surface area contributed by atoms with E-state index in [4.69, 9.17) is 0 Å². The van der Waals surface area contributed by atoms with Crippen LogP contribution < -0.4 is 9.62 Å². The molecular weight excluding hydrogens is 498 g/mol. The topological polar surface area (TPSA) is 86.8 Å². The fraction of sp³-hybridized carbons (Fsp3) is 0.533. The molecule has 7 nitrogen and oxygen atoms in total. The minimum atomic E-state index is -3.51. The minimum Gasteiger partial charge on any atom is -0.352 e. The van der Waals surface area contributed by atoms with Gasteiger partial charge in [-0.1, -0.05) is 68.7 Å². The van der Waals surface area contributed by atoms with E-state index in [1.165, 1.54) is 10.6 Å². The average molecular weight is 542 g/mol. The van der Waals surface area contributed by atoms with Crippen molar-refractivity contribution < 1.29 is 18.0 Å². The largest absolute Gasteiger partial charge is 0.352 e. The number of aryl methyl sites for hydroxylation is 2. The van der Waals surface area contributed by atoms with Crippen LogP contribution in [0, 0.1) is 6.92 Å². The lowest BCUT2D eigenvalue weighted by Crippen LogP contribution is -2.51. The first kappa shape index (κ1) is 29.7. The molecule has 0 aliphatic heterocycles.